The number of alkyl halides is 3. The molecule has 4 nitrogen and oxygen atoms in total. The molecule has 23 heavy (non-hydrogen) atoms. The van der Waals surface area contributed by atoms with Gasteiger partial charge in [-0.25, -0.2) is 0 Å². The van der Waals surface area contributed by atoms with E-state index < -0.39 is 11.7 Å². The molecule has 0 aromatic heterocycles. The maximum Gasteiger partial charge on any atom is 0.416 e. The Bertz CT molecular complexity index is 692. The maximum atomic E-state index is 12.6. The second kappa shape index (κ2) is 7.19. The Morgan fingerprint density at radius 1 is 1.04 bits per heavy atom. The molecule has 2 rings (SSSR count). The summed E-state index contributed by atoms with van der Waals surface area (Å²) in [5.41, 5.74) is 5.44. The fraction of sp³-hybridized carbons (Fsp3) is 0.133. The Kier molecular flexibility index (Phi) is 5.28. The summed E-state index contributed by atoms with van der Waals surface area (Å²) in [5.74, 6) is 0.656. The van der Waals surface area contributed by atoms with Gasteiger partial charge in [0, 0.05) is 11.8 Å². The summed E-state index contributed by atoms with van der Waals surface area (Å²) < 4.78 is 43.0. The number of benzene rings is 2. The number of halogens is 3. The van der Waals surface area contributed by atoms with Crippen LogP contribution in [0.2, 0.25) is 0 Å². The summed E-state index contributed by atoms with van der Waals surface area (Å²) in [6.45, 7) is 0. The third-order valence-electron chi connectivity index (χ3n) is 2.84. The largest absolute Gasteiger partial charge is 0.497 e. The van der Waals surface area contributed by atoms with Gasteiger partial charge in [-0.2, -0.15) is 13.2 Å². The lowest BCUT2D eigenvalue weighted by molar-refractivity contribution is -0.137. The van der Waals surface area contributed by atoms with E-state index in [1.54, 1.807) is 31.4 Å². The minimum Gasteiger partial charge on any atom is -0.497 e. The summed E-state index contributed by atoms with van der Waals surface area (Å²) in [6, 6.07) is 11.9. The molecule has 122 valence electrons. The number of anilines is 2. The van der Waals surface area contributed by atoms with Crippen molar-refractivity contribution in [2.24, 2.45) is 0 Å². The molecule has 0 aliphatic rings. The predicted octanol–water partition coefficient (Wildman–Crippen LogP) is 4.03. The van der Waals surface area contributed by atoms with Crippen LogP contribution in [0.15, 0.2) is 48.5 Å². The van der Waals surface area contributed by atoms with E-state index in [1.165, 1.54) is 12.1 Å². The van der Waals surface area contributed by atoms with Gasteiger partial charge < -0.3 is 10.1 Å². The van der Waals surface area contributed by atoms with Crippen molar-refractivity contribution < 1.29 is 17.9 Å². The van der Waals surface area contributed by atoms with Crippen molar-refractivity contribution in [1.29, 1.82) is 0 Å². The Labute approximate surface area is 136 Å². The van der Waals surface area contributed by atoms with Gasteiger partial charge in [-0.05, 0) is 42.5 Å². The van der Waals surface area contributed by atoms with Crippen molar-refractivity contribution in [2.75, 3.05) is 17.9 Å². The molecule has 8 heteroatoms. The van der Waals surface area contributed by atoms with Crippen LogP contribution >= 0.6 is 12.2 Å². The topological polar surface area (TPSA) is 45.3 Å². The van der Waals surface area contributed by atoms with E-state index in [4.69, 9.17) is 17.0 Å². The first-order valence-corrected chi connectivity index (χ1v) is 6.93. The molecule has 0 unspecified atom stereocenters. The highest BCUT2D eigenvalue weighted by atomic mass is 32.1. The zero-order valence-electron chi connectivity index (χ0n) is 12.1. The van der Waals surface area contributed by atoms with Crippen LogP contribution in [0.1, 0.15) is 5.56 Å². The monoisotopic (exact) mass is 341 g/mol. The normalized spacial score (nSPS) is 10.8. The SMILES string of the molecule is COc1cccc(NC(=S)NNc2cccc(C(F)(F)F)c2)c1. The van der Waals surface area contributed by atoms with Gasteiger partial charge in [-0.15, -0.1) is 0 Å². The van der Waals surface area contributed by atoms with Gasteiger partial charge >= 0.3 is 6.18 Å². The van der Waals surface area contributed by atoms with Crippen LogP contribution in [-0.4, -0.2) is 12.2 Å². The lowest BCUT2D eigenvalue weighted by Crippen LogP contribution is -2.33. The molecule has 0 aliphatic carbocycles. The molecule has 0 fully saturated rings. The van der Waals surface area contributed by atoms with E-state index in [0.29, 0.717) is 11.4 Å². The Morgan fingerprint density at radius 2 is 1.74 bits per heavy atom. The van der Waals surface area contributed by atoms with E-state index in [0.717, 1.165) is 12.1 Å². The molecule has 0 heterocycles. The standard InChI is InChI=1S/C15H14F3N3OS/c1-22-13-7-3-5-11(9-13)19-14(23)21-20-12-6-2-4-10(8-12)15(16,17)18/h2-9,20H,1H3,(H2,19,21,23). The molecule has 0 saturated heterocycles. The molecule has 0 radical (unpaired) electrons. The first-order chi connectivity index (χ1) is 10.9. The van der Waals surface area contributed by atoms with Gasteiger partial charge in [0.15, 0.2) is 5.11 Å². The van der Waals surface area contributed by atoms with Crippen LogP contribution in [0.5, 0.6) is 5.75 Å². The van der Waals surface area contributed by atoms with E-state index in [-0.39, 0.29) is 10.8 Å². The lowest BCUT2D eigenvalue weighted by atomic mass is 10.2. The number of methoxy groups -OCH3 is 1. The van der Waals surface area contributed by atoms with Gasteiger partial charge in [-0.3, -0.25) is 10.9 Å². The average Bonchev–Trinajstić information content (AvgIpc) is 2.52. The Balaban J connectivity index is 1.94. The molecule has 0 saturated carbocycles. The van der Waals surface area contributed by atoms with Gasteiger partial charge in [0.25, 0.3) is 0 Å². The second-order valence-corrected chi connectivity index (χ2v) is 4.92. The maximum absolute atomic E-state index is 12.6. The zero-order chi connectivity index (χ0) is 16.9. The number of hydrogen-bond acceptors (Lipinski definition) is 3. The van der Waals surface area contributed by atoms with E-state index in [9.17, 15) is 13.2 Å². The summed E-state index contributed by atoms with van der Waals surface area (Å²) in [5, 5.41) is 3.09. The van der Waals surface area contributed by atoms with Crippen LogP contribution in [-0.2, 0) is 6.18 Å². The molecule has 2 aromatic rings. The highest BCUT2D eigenvalue weighted by Crippen LogP contribution is 2.30. The second-order valence-electron chi connectivity index (χ2n) is 4.51. The molecule has 0 bridgehead atoms. The van der Waals surface area contributed by atoms with Crippen molar-refractivity contribution >= 4 is 28.7 Å². The van der Waals surface area contributed by atoms with Crippen molar-refractivity contribution in [3.05, 3.63) is 54.1 Å². The number of thiocarbonyl (C=S) groups is 1. The summed E-state index contributed by atoms with van der Waals surface area (Å²) in [6.07, 6.45) is -4.39. The van der Waals surface area contributed by atoms with Crippen molar-refractivity contribution in [3.8, 4) is 5.75 Å². The minimum atomic E-state index is -4.39. The van der Waals surface area contributed by atoms with Crippen molar-refractivity contribution in [1.82, 2.24) is 5.43 Å². The van der Waals surface area contributed by atoms with E-state index in [1.807, 2.05) is 0 Å². The van der Waals surface area contributed by atoms with Gasteiger partial charge in [-0.1, -0.05) is 12.1 Å². The molecular formula is C15H14F3N3OS. The first-order valence-electron chi connectivity index (χ1n) is 6.53. The molecular weight excluding hydrogens is 327 g/mol. The van der Waals surface area contributed by atoms with Crippen LogP contribution < -0.4 is 20.9 Å². The molecule has 2 aromatic carbocycles. The highest BCUT2D eigenvalue weighted by Gasteiger charge is 2.30. The smallest absolute Gasteiger partial charge is 0.416 e. The van der Waals surface area contributed by atoms with E-state index in [2.05, 4.69) is 16.2 Å². The van der Waals surface area contributed by atoms with Gasteiger partial charge in [0.05, 0.1) is 18.4 Å². The Morgan fingerprint density at radius 3 is 2.43 bits per heavy atom. The molecule has 0 amide bonds. The Hall–Kier alpha value is -2.48. The molecule has 0 atom stereocenters. The van der Waals surface area contributed by atoms with Gasteiger partial charge in [0.1, 0.15) is 5.75 Å². The van der Waals surface area contributed by atoms with Crippen LogP contribution in [0.25, 0.3) is 0 Å². The predicted molar refractivity (Wildman–Crippen MR) is 87.4 cm³/mol. The highest BCUT2D eigenvalue weighted by molar-refractivity contribution is 7.80. The fourth-order valence-corrected chi connectivity index (χ4v) is 1.93. The number of ether oxygens (including phenoxy) is 1. The van der Waals surface area contributed by atoms with Crippen molar-refractivity contribution in [2.45, 2.75) is 6.18 Å². The number of hydrazine groups is 1. The van der Waals surface area contributed by atoms with Crippen LogP contribution in [0.4, 0.5) is 24.5 Å². The third kappa shape index (κ3) is 5.03. The quantitative estimate of drug-likeness (QED) is 0.579. The molecule has 3 N–H and O–H groups in total. The average molecular weight is 341 g/mol. The first kappa shape index (κ1) is 16.9. The van der Waals surface area contributed by atoms with Crippen molar-refractivity contribution in [3.63, 3.8) is 0 Å². The summed E-state index contributed by atoms with van der Waals surface area (Å²) >= 11 is 5.07. The third-order valence-corrected chi connectivity index (χ3v) is 3.04. The molecule has 0 spiro atoms. The fourth-order valence-electron chi connectivity index (χ4n) is 1.77. The van der Waals surface area contributed by atoms with Gasteiger partial charge in [0.2, 0.25) is 0 Å². The van der Waals surface area contributed by atoms with Crippen LogP contribution in [0.3, 0.4) is 0 Å². The minimum absolute atomic E-state index is 0.204. The zero-order valence-corrected chi connectivity index (χ0v) is 12.9. The summed E-state index contributed by atoms with van der Waals surface area (Å²) in [7, 11) is 1.55. The number of nitrogens with one attached hydrogen (secondary N) is 3. The lowest BCUT2D eigenvalue weighted by Gasteiger charge is -2.14. The number of rotatable bonds is 4. The number of hydrogen-bond donors (Lipinski definition) is 3. The molecule has 0 aliphatic heterocycles. The summed E-state index contributed by atoms with van der Waals surface area (Å²) in [4.78, 5) is 0. The van der Waals surface area contributed by atoms with Crippen LogP contribution in [0, 0.1) is 0 Å². The van der Waals surface area contributed by atoms with E-state index >= 15 is 0 Å².